The molecule has 1 aliphatic carbocycles. The fraction of sp³-hybridized carbons (Fsp3) is 0.588. The van der Waals surface area contributed by atoms with Gasteiger partial charge in [-0.1, -0.05) is 11.6 Å². The lowest BCUT2D eigenvalue weighted by molar-refractivity contribution is -0.00983. The van der Waals surface area contributed by atoms with Gasteiger partial charge in [0.2, 0.25) is 0 Å². The van der Waals surface area contributed by atoms with Crippen LogP contribution in [0.3, 0.4) is 0 Å². The highest BCUT2D eigenvalue weighted by Gasteiger charge is 2.44. The lowest BCUT2D eigenvalue weighted by Gasteiger charge is -2.39. The van der Waals surface area contributed by atoms with Crippen LogP contribution in [0.4, 0.5) is 0 Å². The van der Waals surface area contributed by atoms with E-state index in [1.54, 1.807) is 17.0 Å². The Morgan fingerprint density at radius 2 is 2.00 bits per heavy atom. The molecule has 2 fully saturated rings. The van der Waals surface area contributed by atoms with Crippen molar-refractivity contribution in [2.45, 2.75) is 38.6 Å². The van der Waals surface area contributed by atoms with Crippen LogP contribution in [-0.4, -0.2) is 27.9 Å². The lowest BCUT2D eigenvalue weighted by atomic mass is 9.72. The molecule has 4 rings (SSSR count). The number of hydrogen-bond donors (Lipinski definition) is 0. The summed E-state index contributed by atoms with van der Waals surface area (Å²) in [7, 11) is 0. The maximum atomic E-state index is 12.2. The quantitative estimate of drug-likeness (QED) is 0.870. The summed E-state index contributed by atoms with van der Waals surface area (Å²) in [5.74, 6) is 0.724. The zero-order valence-corrected chi connectivity index (χ0v) is 13.1. The molecule has 0 bridgehead atoms. The first-order valence-electron chi connectivity index (χ1n) is 8.33. The van der Waals surface area contributed by atoms with Crippen molar-refractivity contribution in [2.24, 2.45) is 11.3 Å². The Balaban J connectivity index is 1.64. The summed E-state index contributed by atoms with van der Waals surface area (Å²) < 4.78 is 12.2. The summed E-state index contributed by atoms with van der Waals surface area (Å²) in [6, 6.07) is 3.71. The Morgan fingerprint density at radius 1 is 1.22 bits per heavy atom. The second kappa shape index (κ2) is 5.92. The molecule has 122 valence electrons. The van der Waals surface area contributed by atoms with E-state index < -0.39 is 0 Å². The first-order valence-corrected chi connectivity index (χ1v) is 8.33. The van der Waals surface area contributed by atoms with Gasteiger partial charge >= 0.3 is 5.76 Å². The monoisotopic (exact) mass is 315 g/mol. The minimum Gasteiger partial charge on any atom is -0.381 e. The topological polar surface area (TPSA) is 70.2 Å². The lowest BCUT2D eigenvalue weighted by Crippen LogP contribution is -2.36. The predicted molar refractivity (Wildman–Crippen MR) is 83.8 cm³/mol. The van der Waals surface area contributed by atoms with Gasteiger partial charge in [-0.15, -0.1) is 0 Å². The number of hydrogen-bond acceptors (Lipinski definition) is 5. The summed E-state index contributed by atoms with van der Waals surface area (Å²) in [4.78, 5) is 16.2. The van der Waals surface area contributed by atoms with E-state index in [1.165, 1.54) is 12.8 Å². The zero-order chi connectivity index (χ0) is 15.7. The third kappa shape index (κ3) is 2.61. The molecule has 1 unspecified atom stereocenters. The van der Waals surface area contributed by atoms with Gasteiger partial charge < -0.3 is 4.74 Å². The van der Waals surface area contributed by atoms with Crippen molar-refractivity contribution >= 4 is 0 Å². The van der Waals surface area contributed by atoms with E-state index in [-0.39, 0.29) is 5.76 Å². The normalized spacial score (nSPS) is 23.4. The van der Waals surface area contributed by atoms with Gasteiger partial charge in [-0.25, -0.2) is 4.79 Å². The van der Waals surface area contributed by atoms with Gasteiger partial charge in [-0.05, 0) is 49.1 Å². The Bertz CT molecular complexity index is 716. The van der Waals surface area contributed by atoms with E-state index in [4.69, 9.17) is 9.26 Å². The number of ether oxygens (including phenoxy) is 1. The molecule has 2 aromatic rings. The van der Waals surface area contributed by atoms with Crippen LogP contribution < -0.4 is 5.76 Å². The fourth-order valence-electron chi connectivity index (χ4n) is 4.29. The Labute approximate surface area is 134 Å². The minimum absolute atomic E-state index is 0.324. The van der Waals surface area contributed by atoms with E-state index >= 15 is 0 Å². The largest absolute Gasteiger partial charge is 0.441 e. The summed E-state index contributed by atoms with van der Waals surface area (Å²) in [6.07, 6.45) is 9.24. The Kier molecular flexibility index (Phi) is 3.77. The predicted octanol–water partition coefficient (Wildman–Crippen LogP) is 2.50. The van der Waals surface area contributed by atoms with Gasteiger partial charge in [0.1, 0.15) is 0 Å². The maximum absolute atomic E-state index is 12.2. The van der Waals surface area contributed by atoms with Crippen molar-refractivity contribution in [3.63, 3.8) is 0 Å². The van der Waals surface area contributed by atoms with Gasteiger partial charge in [-0.3, -0.25) is 14.1 Å². The van der Waals surface area contributed by atoms with Gasteiger partial charge in [0, 0.05) is 37.7 Å². The SMILES string of the molecule is O=c1onc(-c2ccncc2)n1CC1CCCC12CCOCC2. The van der Waals surface area contributed by atoms with Crippen molar-refractivity contribution in [1.82, 2.24) is 14.7 Å². The molecular weight excluding hydrogens is 294 g/mol. The molecule has 6 nitrogen and oxygen atoms in total. The molecule has 3 heterocycles. The average Bonchev–Trinajstić information content (AvgIpc) is 3.14. The van der Waals surface area contributed by atoms with Gasteiger partial charge in [0.05, 0.1) is 0 Å². The average molecular weight is 315 g/mol. The second-order valence-corrected chi connectivity index (χ2v) is 6.68. The molecule has 1 atom stereocenters. The van der Waals surface area contributed by atoms with Crippen LogP contribution in [-0.2, 0) is 11.3 Å². The van der Waals surface area contributed by atoms with Crippen molar-refractivity contribution in [1.29, 1.82) is 0 Å². The second-order valence-electron chi connectivity index (χ2n) is 6.68. The highest BCUT2D eigenvalue weighted by molar-refractivity contribution is 5.53. The molecule has 0 N–H and O–H groups in total. The van der Waals surface area contributed by atoms with Gasteiger partial charge in [0.25, 0.3) is 0 Å². The summed E-state index contributed by atoms with van der Waals surface area (Å²) in [5, 5.41) is 3.98. The van der Waals surface area contributed by atoms with Crippen LogP contribution in [0, 0.1) is 11.3 Å². The number of pyridine rings is 1. The molecule has 0 radical (unpaired) electrons. The van der Waals surface area contributed by atoms with Gasteiger partial charge in [0.15, 0.2) is 5.82 Å². The molecule has 0 aromatic carbocycles. The Morgan fingerprint density at radius 3 is 2.78 bits per heavy atom. The van der Waals surface area contributed by atoms with Gasteiger partial charge in [-0.2, -0.15) is 0 Å². The summed E-state index contributed by atoms with van der Waals surface area (Å²) in [5.41, 5.74) is 1.19. The number of rotatable bonds is 3. The molecule has 2 aromatic heterocycles. The fourth-order valence-corrected chi connectivity index (χ4v) is 4.29. The molecule has 0 amide bonds. The first-order chi connectivity index (χ1) is 11.3. The van der Waals surface area contributed by atoms with Crippen LogP contribution in [0.25, 0.3) is 11.4 Å². The van der Waals surface area contributed by atoms with Crippen LogP contribution in [0.15, 0.2) is 33.8 Å². The summed E-state index contributed by atoms with van der Waals surface area (Å²) in [6.45, 7) is 2.36. The molecule has 2 aliphatic rings. The first kappa shape index (κ1) is 14.6. The van der Waals surface area contributed by atoms with E-state index in [2.05, 4.69) is 10.1 Å². The number of nitrogens with zero attached hydrogens (tertiary/aromatic N) is 3. The molecule has 1 spiro atoms. The van der Waals surface area contributed by atoms with Crippen LogP contribution in [0.5, 0.6) is 0 Å². The summed E-state index contributed by atoms with van der Waals surface area (Å²) >= 11 is 0. The third-order valence-corrected chi connectivity index (χ3v) is 5.61. The smallest absolute Gasteiger partial charge is 0.381 e. The van der Waals surface area contributed by atoms with Crippen LogP contribution in [0.1, 0.15) is 32.1 Å². The molecule has 6 heteroatoms. The molecule has 23 heavy (non-hydrogen) atoms. The minimum atomic E-state index is -0.370. The van der Waals surface area contributed by atoms with Crippen molar-refractivity contribution in [2.75, 3.05) is 13.2 Å². The van der Waals surface area contributed by atoms with E-state index in [0.717, 1.165) is 38.0 Å². The van der Waals surface area contributed by atoms with Crippen molar-refractivity contribution < 1.29 is 9.26 Å². The standard InChI is InChI=1S/C17H21N3O3/c21-16-20(15(19-23-16)13-3-8-18-9-4-13)12-14-2-1-5-17(14)6-10-22-11-7-17/h3-4,8-9,14H,1-2,5-7,10-12H2. The molecule has 1 aliphatic heterocycles. The van der Waals surface area contributed by atoms with E-state index in [9.17, 15) is 4.79 Å². The van der Waals surface area contributed by atoms with Crippen molar-refractivity contribution in [3.8, 4) is 11.4 Å². The van der Waals surface area contributed by atoms with E-state index in [1.807, 2.05) is 12.1 Å². The maximum Gasteiger partial charge on any atom is 0.441 e. The van der Waals surface area contributed by atoms with E-state index in [0.29, 0.717) is 23.7 Å². The number of aromatic nitrogens is 3. The van der Waals surface area contributed by atoms with Crippen LogP contribution in [0.2, 0.25) is 0 Å². The zero-order valence-electron chi connectivity index (χ0n) is 13.1. The van der Waals surface area contributed by atoms with Crippen molar-refractivity contribution in [3.05, 3.63) is 35.1 Å². The Hall–Kier alpha value is -1.95. The highest BCUT2D eigenvalue weighted by atomic mass is 16.5. The molecule has 1 saturated carbocycles. The molecule has 1 saturated heterocycles. The highest BCUT2D eigenvalue weighted by Crippen LogP contribution is 2.50. The van der Waals surface area contributed by atoms with Crippen LogP contribution >= 0.6 is 0 Å². The molecular formula is C17H21N3O3. The third-order valence-electron chi connectivity index (χ3n) is 5.61.